The third-order valence-electron chi connectivity index (χ3n) is 2.72. The van der Waals surface area contributed by atoms with Gasteiger partial charge in [0.05, 0.1) is 9.48 Å². The molecule has 0 aromatic carbocycles. The van der Waals surface area contributed by atoms with Crippen molar-refractivity contribution in [1.82, 2.24) is 15.1 Å². The first-order chi connectivity index (χ1) is 8.79. The fourth-order valence-electron chi connectivity index (χ4n) is 1.84. The van der Waals surface area contributed by atoms with Crippen molar-refractivity contribution in [3.05, 3.63) is 38.8 Å². The van der Waals surface area contributed by atoms with Crippen LogP contribution < -0.4 is 5.32 Å². The average molecular weight is 328 g/mol. The number of hydrogen-bond donors (Lipinski definition) is 1. The summed E-state index contributed by atoms with van der Waals surface area (Å²) >= 11 is 5.29. The molecule has 2 rings (SSSR count). The second kappa shape index (κ2) is 7.07. The lowest BCUT2D eigenvalue weighted by Crippen LogP contribution is -2.19. The fourth-order valence-corrected chi connectivity index (χ4v) is 3.32. The molecular weight excluding hydrogens is 310 g/mol. The Labute approximate surface area is 120 Å². The second-order valence-electron chi connectivity index (χ2n) is 4.18. The molecule has 2 heterocycles. The van der Waals surface area contributed by atoms with E-state index in [0.29, 0.717) is 0 Å². The summed E-state index contributed by atoms with van der Waals surface area (Å²) in [7, 11) is 0. The number of aryl methyl sites for hydroxylation is 1. The van der Waals surface area contributed by atoms with Crippen molar-refractivity contribution in [2.75, 3.05) is 6.54 Å². The van der Waals surface area contributed by atoms with Gasteiger partial charge in [0.25, 0.3) is 0 Å². The van der Waals surface area contributed by atoms with Crippen LogP contribution in [0.2, 0.25) is 0 Å². The highest BCUT2D eigenvalue weighted by Crippen LogP contribution is 2.22. The van der Waals surface area contributed by atoms with E-state index in [9.17, 15) is 0 Å². The van der Waals surface area contributed by atoms with Crippen LogP contribution >= 0.6 is 27.3 Å². The topological polar surface area (TPSA) is 29.9 Å². The molecule has 0 bridgehead atoms. The summed E-state index contributed by atoms with van der Waals surface area (Å²) < 4.78 is 3.29. The number of aromatic nitrogens is 2. The minimum Gasteiger partial charge on any atom is -0.311 e. The van der Waals surface area contributed by atoms with E-state index in [1.165, 1.54) is 14.4 Å². The summed E-state index contributed by atoms with van der Waals surface area (Å²) in [6.45, 7) is 5.08. The predicted octanol–water partition coefficient (Wildman–Crippen LogP) is 3.45. The van der Waals surface area contributed by atoms with Gasteiger partial charge < -0.3 is 5.32 Å². The van der Waals surface area contributed by atoms with Gasteiger partial charge >= 0.3 is 0 Å². The van der Waals surface area contributed by atoms with E-state index in [-0.39, 0.29) is 0 Å². The highest BCUT2D eigenvalue weighted by atomic mass is 79.9. The van der Waals surface area contributed by atoms with Crippen LogP contribution in [-0.4, -0.2) is 16.3 Å². The van der Waals surface area contributed by atoms with Crippen LogP contribution in [0.15, 0.2) is 28.2 Å². The number of halogens is 1. The number of nitrogens with zero attached hydrogens (tertiary/aromatic N) is 2. The van der Waals surface area contributed by atoms with Gasteiger partial charge in [-0.15, -0.1) is 11.3 Å². The Morgan fingerprint density at radius 2 is 2.28 bits per heavy atom. The Bertz CT molecular complexity index is 478. The van der Waals surface area contributed by atoms with Crippen molar-refractivity contribution in [2.24, 2.45) is 0 Å². The molecule has 0 unspecified atom stereocenters. The zero-order chi connectivity index (χ0) is 12.8. The van der Waals surface area contributed by atoms with Gasteiger partial charge in [-0.25, -0.2) is 0 Å². The largest absolute Gasteiger partial charge is 0.311 e. The van der Waals surface area contributed by atoms with E-state index in [2.05, 4.69) is 56.2 Å². The van der Waals surface area contributed by atoms with Crippen LogP contribution in [-0.2, 0) is 19.5 Å². The maximum Gasteiger partial charge on any atom is 0.0701 e. The van der Waals surface area contributed by atoms with Gasteiger partial charge in [0.15, 0.2) is 0 Å². The van der Waals surface area contributed by atoms with Crippen molar-refractivity contribution >= 4 is 27.3 Å². The first kappa shape index (κ1) is 13.8. The summed E-state index contributed by atoms with van der Waals surface area (Å²) in [6.07, 6.45) is 4.08. The molecule has 2 aromatic heterocycles. The highest BCUT2D eigenvalue weighted by molar-refractivity contribution is 9.11. The van der Waals surface area contributed by atoms with Gasteiger partial charge in [-0.1, -0.05) is 6.92 Å². The molecular formula is C13H18BrN3S. The smallest absolute Gasteiger partial charge is 0.0701 e. The maximum absolute atomic E-state index is 4.32. The van der Waals surface area contributed by atoms with Crippen molar-refractivity contribution in [3.8, 4) is 0 Å². The molecule has 0 saturated carbocycles. The summed E-state index contributed by atoms with van der Waals surface area (Å²) in [5.74, 6) is 0. The Morgan fingerprint density at radius 1 is 1.39 bits per heavy atom. The molecule has 98 valence electrons. The van der Waals surface area contributed by atoms with Gasteiger partial charge in [-0.2, -0.15) is 5.10 Å². The Kier molecular flexibility index (Phi) is 5.41. The van der Waals surface area contributed by atoms with Crippen LogP contribution in [0, 0.1) is 0 Å². The molecule has 0 saturated heterocycles. The molecule has 0 aliphatic rings. The highest BCUT2D eigenvalue weighted by Gasteiger charge is 2.01. The zero-order valence-electron chi connectivity index (χ0n) is 10.5. The second-order valence-corrected chi connectivity index (χ2v) is 6.73. The fraction of sp³-hybridized carbons (Fsp3) is 0.462. The lowest BCUT2D eigenvalue weighted by molar-refractivity contribution is 0.550. The molecule has 0 fully saturated rings. The average Bonchev–Trinajstić information content (AvgIpc) is 2.95. The van der Waals surface area contributed by atoms with E-state index in [1.54, 1.807) is 11.3 Å². The zero-order valence-corrected chi connectivity index (χ0v) is 12.9. The predicted molar refractivity (Wildman–Crippen MR) is 79.9 cm³/mol. The van der Waals surface area contributed by atoms with Gasteiger partial charge in [0.1, 0.15) is 0 Å². The molecule has 0 aliphatic carbocycles. The minimum absolute atomic E-state index is 0.895. The molecule has 3 nitrogen and oxygen atoms in total. The normalized spacial score (nSPS) is 11.0. The molecule has 1 N–H and O–H groups in total. The maximum atomic E-state index is 4.32. The molecule has 0 spiro atoms. The van der Waals surface area contributed by atoms with Crippen LogP contribution in [0.3, 0.4) is 0 Å². The number of thiophene rings is 1. The van der Waals surface area contributed by atoms with Crippen molar-refractivity contribution < 1.29 is 0 Å². The molecule has 5 heteroatoms. The molecule has 0 atom stereocenters. The molecule has 18 heavy (non-hydrogen) atoms. The van der Waals surface area contributed by atoms with Crippen molar-refractivity contribution in [1.29, 1.82) is 0 Å². The van der Waals surface area contributed by atoms with Crippen LogP contribution in [0.5, 0.6) is 0 Å². The minimum atomic E-state index is 0.895. The van der Waals surface area contributed by atoms with Gasteiger partial charge in [-0.05, 0) is 47.0 Å². The molecule has 0 amide bonds. The van der Waals surface area contributed by atoms with E-state index >= 15 is 0 Å². The summed E-state index contributed by atoms with van der Waals surface area (Å²) in [5.41, 5.74) is 1.27. The van der Waals surface area contributed by atoms with Gasteiger partial charge in [0.2, 0.25) is 0 Å². The SMILES string of the molecule is CCCn1nccc1CNCCc1ccc(Br)s1. The van der Waals surface area contributed by atoms with E-state index < -0.39 is 0 Å². The molecule has 2 aromatic rings. The molecule has 0 radical (unpaired) electrons. The first-order valence-corrected chi connectivity index (χ1v) is 7.86. The first-order valence-electron chi connectivity index (χ1n) is 6.25. The van der Waals surface area contributed by atoms with Crippen LogP contribution in [0.25, 0.3) is 0 Å². The lowest BCUT2D eigenvalue weighted by atomic mass is 10.3. The Morgan fingerprint density at radius 3 is 3.00 bits per heavy atom. The Balaban J connectivity index is 1.73. The number of hydrogen-bond acceptors (Lipinski definition) is 3. The quantitative estimate of drug-likeness (QED) is 0.789. The van der Waals surface area contributed by atoms with E-state index in [4.69, 9.17) is 0 Å². The van der Waals surface area contributed by atoms with Crippen LogP contribution in [0.4, 0.5) is 0 Å². The standard InChI is InChI=1S/C13H18BrN3S/c1-2-9-17-11(5-8-16-17)10-15-7-6-12-3-4-13(14)18-12/h3-5,8,15H,2,6-7,9-10H2,1H3. The summed E-state index contributed by atoms with van der Waals surface area (Å²) in [4.78, 5) is 1.41. The lowest BCUT2D eigenvalue weighted by Gasteiger charge is -2.07. The van der Waals surface area contributed by atoms with E-state index in [0.717, 1.165) is 32.5 Å². The summed E-state index contributed by atoms with van der Waals surface area (Å²) in [5, 5.41) is 7.79. The number of rotatable bonds is 7. The van der Waals surface area contributed by atoms with Gasteiger partial charge in [-0.3, -0.25) is 4.68 Å². The summed E-state index contributed by atoms with van der Waals surface area (Å²) in [6, 6.07) is 6.37. The molecule has 0 aliphatic heterocycles. The third-order valence-corrected chi connectivity index (χ3v) is 4.41. The van der Waals surface area contributed by atoms with E-state index in [1.807, 2.05) is 6.20 Å². The Hall–Kier alpha value is -0.650. The van der Waals surface area contributed by atoms with Crippen molar-refractivity contribution in [2.45, 2.75) is 32.9 Å². The van der Waals surface area contributed by atoms with Gasteiger partial charge in [0, 0.05) is 30.7 Å². The third kappa shape index (κ3) is 3.93. The number of nitrogens with one attached hydrogen (secondary N) is 1. The van der Waals surface area contributed by atoms with Crippen molar-refractivity contribution in [3.63, 3.8) is 0 Å². The monoisotopic (exact) mass is 327 g/mol. The van der Waals surface area contributed by atoms with Crippen LogP contribution in [0.1, 0.15) is 23.9 Å².